The maximum atomic E-state index is 9.54. The van der Waals surface area contributed by atoms with Gasteiger partial charge >= 0.3 is 0 Å². The molecule has 0 radical (unpaired) electrons. The third kappa shape index (κ3) is 1.54. The predicted molar refractivity (Wildman–Crippen MR) is 67.1 cm³/mol. The first kappa shape index (κ1) is 10.1. The Morgan fingerprint density at radius 3 is 3.00 bits per heavy atom. The number of phenolic OH excluding ortho intramolecular Hbond substituents is 1. The highest BCUT2D eigenvalue weighted by Gasteiger charge is 2.06. The zero-order valence-corrected chi connectivity index (χ0v) is 9.30. The standard InChI is InChI=1S/C13H13N3O/c14-5-3-10-8-15-13-12-7-11(17)2-1-9(12)4-6-16(10)13/h1-2,4,6-8,17H,3,5,14H2. The number of rotatable bonds is 2. The van der Waals surface area contributed by atoms with Gasteiger partial charge in [0.15, 0.2) is 0 Å². The molecule has 0 saturated heterocycles. The second-order valence-corrected chi connectivity index (χ2v) is 4.07. The number of phenols is 1. The van der Waals surface area contributed by atoms with Crippen molar-refractivity contribution in [1.29, 1.82) is 0 Å². The number of nitrogens with two attached hydrogens (primary N) is 1. The molecule has 0 aliphatic rings. The molecular formula is C13H13N3O. The van der Waals surface area contributed by atoms with Crippen molar-refractivity contribution in [2.75, 3.05) is 6.54 Å². The van der Waals surface area contributed by atoms with Crippen LogP contribution in [0.25, 0.3) is 16.4 Å². The number of hydrogen-bond acceptors (Lipinski definition) is 3. The molecule has 0 amide bonds. The van der Waals surface area contributed by atoms with Gasteiger partial charge in [0, 0.05) is 29.9 Å². The van der Waals surface area contributed by atoms with Crippen molar-refractivity contribution in [2.24, 2.45) is 5.73 Å². The first-order valence-electron chi connectivity index (χ1n) is 5.57. The van der Waals surface area contributed by atoms with Crippen LogP contribution in [0.15, 0.2) is 36.7 Å². The molecule has 1 aromatic carbocycles. The van der Waals surface area contributed by atoms with E-state index in [1.165, 1.54) is 0 Å². The maximum Gasteiger partial charge on any atom is 0.144 e. The third-order valence-electron chi connectivity index (χ3n) is 2.95. The summed E-state index contributed by atoms with van der Waals surface area (Å²) < 4.78 is 2.02. The Kier molecular flexibility index (Phi) is 2.23. The van der Waals surface area contributed by atoms with Crippen molar-refractivity contribution < 1.29 is 5.11 Å². The summed E-state index contributed by atoms with van der Waals surface area (Å²) in [6.45, 7) is 0.603. The summed E-state index contributed by atoms with van der Waals surface area (Å²) in [4.78, 5) is 4.40. The quantitative estimate of drug-likeness (QED) is 0.700. The molecule has 2 aromatic heterocycles. The van der Waals surface area contributed by atoms with E-state index in [0.29, 0.717) is 6.54 Å². The van der Waals surface area contributed by atoms with Gasteiger partial charge in [-0.25, -0.2) is 4.98 Å². The molecule has 0 spiro atoms. The van der Waals surface area contributed by atoms with Crippen molar-refractivity contribution in [1.82, 2.24) is 9.38 Å². The molecule has 3 rings (SSSR count). The second kappa shape index (κ2) is 3.75. The van der Waals surface area contributed by atoms with Gasteiger partial charge in [-0.15, -0.1) is 0 Å². The van der Waals surface area contributed by atoms with E-state index in [4.69, 9.17) is 5.73 Å². The van der Waals surface area contributed by atoms with E-state index in [1.807, 2.05) is 28.9 Å². The van der Waals surface area contributed by atoms with Crippen LogP contribution >= 0.6 is 0 Å². The third-order valence-corrected chi connectivity index (χ3v) is 2.95. The lowest BCUT2D eigenvalue weighted by Gasteiger charge is -2.03. The monoisotopic (exact) mass is 227 g/mol. The lowest BCUT2D eigenvalue weighted by molar-refractivity contribution is 0.476. The Hall–Kier alpha value is -2.07. The minimum absolute atomic E-state index is 0.258. The van der Waals surface area contributed by atoms with Crippen LogP contribution in [0.4, 0.5) is 0 Å². The lowest BCUT2D eigenvalue weighted by Crippen LogP contribution is -2.04. The largest absolute Gasteiger partial charge is 0.508 e. The van der Waals surface area contributed by atoms with E-state index >= 15 is 0 Å². The molecule has 17 heavy (non-hydrogen) atoms. The minimum Gasteiger partial charge on any atom is -0.508 e. The normalized spacial score (nSPS) is 11.4. The number of nitrogens with zero attached hydrogens (tertiary/aromatic N) is 2. The maximum absolute atomic E-state index is 9.54. The van der Waals surface area contributed by atoms with Crippen LogP contribution in [-0.2, 0) is 6.42 Å². The summed E-state index contributed by atoms with van der Waals surface area (Å²) in [5, 5.41) is 11.6. The fraction of sp³-hybridized carbons (Fsp3) is 0.154. The molecule has 0 bridgehead atoms. The summed E-state index contributed by atoms with van der Waals surface area (Å²) >= 11 is 0. The minimum atomic E-state index is 0.258. The van der Waals surface area contributed by atoms with E-state index in [-0.39, 0.29) is 5.75 Å². The van der Waals surface area contributed by atoms with Gasteiger partial charge in [-0.05, 0) is 30.1 Å². The molecule has 3 aromatic rings. The predicted octanol–water partition coefficient (Wildman–Crippen LogP) is 1.69. The fourth-order valence-corrected chi connectivity index (χ4v) is 2.13. The molecule has 86 valence electrons. The Balaban J connectivity index is 2.36. The smallest absolute Gasteiger partial charge is 0.144 e. The molecule has 0 fully saturated rings. The van der Waals surface area contributed by atoms with Gasteiger partial charge < -0.3 is 15.2 Å². The fourth-order valence-electron chi connectivity index (χ4n) is 2.13. The van der Waals surface area contributed by atoms with Crippen LogP contribution in [-0.4, -0.2) is 21.0 Å². The van der Waals surface area contributed by atoms with Gasteiger partial charge in [-0.3, -0.25) is 0 Å². The first-order valence-corrected chi connectivity index (χ1v) is 5.57. The number of pyridine rings is 1. The summed E-state index contributed by atoms with van der Waals surface area (Å²) in [5.41, 5.74) is 7.52. The molecule has 0 atom stereocenters. The van der Waals surface area contributed by atoms with Crippen LogP contribution in [0.2, 0.25) is 0 Å². The van der Waals surface area contributed by atoms with Crippen LogP contribution < -0.4 is 5.73 Å². The highest BCUT2D eigenvalue weighted by molar-refractivity contribution is 5.94. The van der Waals surface area contributed by atoms with E-state index in [1.54, 1.807) is 12.1 Å². The molecule has 0 saturated carbocycles. The number of hydrogen-bond donors (Lipinski definition) is 2. The average Bonchev–Trinajstić information content (AvgIpc) is 2.73. The number of imidazole rings is 1. The average molecular weight is 227 g/mol. The number of aromatic nitrogens is 2. The highest BCUT2D eigenvalue weighted by atomic mass is 16.3. The summed E-state index contributed by atoms with van der Waals surface area (Å²) in [6, 6.07) is 7.33. The molecule has 4 heteroatoms. The van der Waals surface area contributed by atoms with Gasteiger partial charge in [0.2, 0.25) is 0 Å². The van der Waals surface area contributed by atoms with E-state index in [2.05, 4.69) is 4.98 Å². The molecule has 2 heterocycles. The van der Waals surface area contributed by atoms with Crippen molar-refractivity contribution >= 4 is 16.4 Å². The molecule has 4 nitrogen and oxygen atoms in total. The van der Waals surface area contributed by atoms with Crippen molar-refractivity contribution in [3.8, 4) is 5.75 Å². The van der Waals surface area contributed by atoms with E-state index in [0.717, 1.165) is 28.5 Å². The van der Waals surface area contributed by atoms with Crippen molar-refractivity contribution in [2.45, 2.75) is 6.42 Å². The van der Waals surface area contributed by atoms with E-state index < -0.39 is 0 Å². The molecule has 0 aliphatic heterocycles. The first-order chi connectivity index (χ1) is 8.29. The van der Waals surface area contributed by atoms with Crippen LogP contribution in [0.3, 0.4) is 0 Å². The lowest BCUT2D eigenvalue weighted by atomic mass is 10.1. The Morgan fingerprint density at radius 1 is 1.29 bits per heavy atom. The van der Waals surface area contributed by atoms with Crippen LogP contribution in [0.1, 0.15) is 5.69 Å². The number of benzene rings is 1. The van der Waals surface area contributed by atoms with Crippen molar-refractivity contribution in [3.05, 3.63) is 42.4 Å². The van der Waals surface area contributed by atoms with Gasteiger partial charge in [-0.2, -0.15) is 0 Å². The summed E-state index contributed by atoms with van der Waals surface area (Å²) in [7, 11) is 0. The molecule has 3 N–H and O–H groups in total. The SMILES string of the molecule is NCCc1cnc2c3cc(O)ccc3ccn12. The summed E-state index contributed by atoms with van der Waals surface area (Å²) in [5.74, 6) is 0.258. The van der Waals surface area contributed by atoms with Crippen molar-refractivity contribution in [3.63, 3.8) is 0 Å². The highest BCUT2D eigenvalue weighted by Crippen LogP contribution is 2.24. The zero-order chi connectivity index (χ0) is 11.8. The van der Waals surface area contributed by atoms with Gasteiger partial charge in [0.05, 0.1) is 0 Å². The summed E-state index contributed by atoms with van der Waals surface area (Å²) in [6.07, 6.45) is 4.63. The Labute approximate surface area is 98.3 Å². The van der Waals surface area contributed by atoms with Gasteiger partial charge in [0.25, 0.3) is 0 Å². The number of aromatic hydroxyl groups is 1. The van der Waals surface area contributed by atoms with Gasteiger partial charge in [-0.1, -0.05) is 6.07 Å². The van der Waals surface area contributed by atoms with Gasteiger partial charge in [0.1, 0.15) is 11.4 Å². The van der Waals surface area contributed by atoms with E-state index in [9.17, 15) is 5.11 Å². The molecule has 0 aliphatic carbocycles. The Morgan fingerprint density at radius 2 is 2.18 bits per heavy atom. The number of fused-ring (bicyclic) bond motifs is 3. The second-order valence-electron chi connectivity index (χ2n) is 4.07. The molecule has 0 unspecified atom stereocenters. The Bertz CT molecular complexity index is 688. The van der Waals surface area contributed by atoms with Crippen LogP contribution in [0.5, 0.6) is 5.75 Å². The zero-order valence-electron chi connectivity index (χ0n) is 9.30. The molecular weight excluding hydrogens is 214 g/mol. The topological polar surface area (TPSA) is 63.5 Å². The van der Waals surface area contributed by atoms with Crippen LogP contribution in [0, 0.1) is 0 Å².